The number of rotatable bonds is 1. The third kappa shape index (κ3) is 2810. The molecule has 0 aromatic carbocycles. The van der Waals surface area contributed by atoms with Gasteiger partial charge in [0, 0.05) is 37.0 Å². The predicted octanol–water partition coefficient (Wildman–Crippen LogP) is -21.4. The molecule has 0 saturated heterocycles. The second-order valence-electron chi connectivity index (χ2n) is 2.54. The Balaban J connectivity index is -0.00000000852. The second-order valence-corrected chi connectivity index (χ2v) is 2.54. The Bertz CT molecular complexity index is 211. The van der Waals surface area contributed by atoms with Gasteiger partial charge in [0.15, 0.2) is 0 Å². The first-order valence-electron chi connectivity index (χ1n) is 4.95. The van der Waals surface area contributed by atoms with Gasteiger partial charge in [0.25, 0.3) is 0 Å². The van der Waals surface area contributed by atoms with Crippen molar-refractivity contribution in [1.29, 1.82) is 0 Å². The van der Waals surface area contributed by atoms with E-state index in [1.807, 2.05) is 0 Å². The molecule has 0 saturated carbocycles. The minimum atomic E-state index is -1.08. The fourth-order valence-corrected chi connectivity index (χ4v) is 0. The number of carbonyl (C=O) groups is 4. The summed E-state index contributed by atoms with van der Waals surface area (Å²) in [4.78, 5) is 35.6. The van der Waals surface area contributed by atoms with Crippen LogP contribution in [0.4, 0.5) is 0 Å². The van der Waals surface area contributed by atoms with E-state index in [4.69, 9.17) is 51.1 Å². The molecule has 18 heteroatoms. The Morgan fingerprint density at radius 1 is 0.500 bits per heavy atom. The van der Waals surface area contributed by atoms with Crippen molar-refractivity contribution >= 4 is 23.9 Å². The van der Waals surface area contributed by atoms with Crippen molar-refractivity contribution < 1.29 is 180 Å². The van der Waals surface area contributed by atoms with E-state index in [9.17, 15) is 0 Å². The van der Waals surface area contributed by atoms with Crippen LogP contribution in [-0.2, 0) is 19.2 Å². The van der Waals surface area contributed by atoms with E-state index in [2.05, 4.69) is 0 Å². The topological polar surface area (TPSA) is 339 Å². The maximum absolute atomic E-state index is 8.89. The summed E-state index contributed by atoms with van der Waals surface area (Å²) in [5.41, 5.74) is 9.81. The van der Waals surface area contributed by atoms with Crippen LogP contribution < -0.4 is 150 Å². The Morgan fingerprint density at radius 3 is 0.536 bits per heavy atom. The summed E-state index contributed by atoms with van der Waals surface area (Å²) in [5, 5.41) is 35.6. The second kappa shape index (κ2) is 89.4. The number of aliphatic carboxylic acids is 4. The van der Waals surface area contributed by atoms with Gasteiger partial charge in [-0.3, -0.25) is 0 Å². The van der Waals surface area contributed by atoms with Gasteiger partial charge in [-0.15, -0.1) is 0 Å². The average Bonchev–Trinajstić information content (AvgIpc) is 2.13. The third-order valence-electron chi connectivity index (χ3n) is 0.167. The Hall–Kier alpha value is 1.64. The zero-order valence-electron chi connectivity index (χ0n) is 17.8. The SMILES string of the molecule is CC(=O)[O-].CC(=O)[O-].CC(=O)[O-].CC(=O)[O-].NCCN.O.O.O.O.[Na+].[Na+].[Na+].[Na+]. The van der Waals surface area contributed by atoms with Crippen molar-refractivity contribution in [3.8, 4) is 0 Å². The van der Waals surface area contributed by atoms with Gasteiger partial charge in [-0.25, -0.2) is 0 Å². The van der Waals surface area contributed by atoms with E-state index < -0.39 is 23.9 Å². The molecule has 0 rings (SSSR count). The zero-order valence-corrected chi connectivity index (χ0v) is 25.8. The predicted molar refractivity (Wildman–Crippen MR) is 75.3 cm³/mol. The van der Waals surface area contributed by atoms with E-state index in [1.54, 1.807) is 0 Å². The van der Waals surface area contributed by atoms with Crippen LogP contribution in [0.25, 0.3) is 0 Å². The van der Waals surface area contributed by atoms with Crippen molar-refractivity contribution in [2.24, 2.45) is 11.5 Å². The molecule has 0 unspecified atom stereocenters. The summed E-state index contributed by atoms with van der Waals surface area (Å²) in [5.74, 6) is -4.33. The summed E-state index contributed by atoms with van der Waals surface area (Å²) >= 11 is 0. The van der Waals surface area contributed by atoms with E-state index in [1.165, 1.54) is 0 Å². The van der Waals surface area contributed by atoms with E-state index in [0.29, 0.717) is 13.1 Å². The standard InChI is InChI=1S/C2H8N2.4C2H4O2.4Na.4H2O/c3-1-2-4;4*1-2(3)4;;;;;;;;/h1-4H2;4*1H3,(H,3,4);;;;;4*1H2/q;;;;;4*+1;;;;/p-4. The zero-order chi connectivity index (χ0) is 17.7. The monoisotopic (exact) mass is 460 g/mol. The van der Waals surface area contributed by atoms with Crippen molar-refractivity contribution in [2.45, 2.75) is 27.7 Å². The minimum absolute atomic E-state index is 0. The van der Waals surface area contributed by atoms with Crippen LogP contribution in [-0.4, -0.2) is 58.9 Å². The molecule has 0 spiro atoms. The van der Waals surface area contributed by atoms with Gasteiger partial charge in [0.1, 0.15) is 0 Å². The first-order valence-corrected chi connectivity index (χ1v) is 4.95. The summed E-state index contributed by atoms with van der Waals surface area (Å²) in [6.45, 7) is 5.08. The largest absolute Gasteiger partial charge is 1.00 e. The number of carbonyl (C=O) groups excluding carboxylic acids is 4. The summed E-state index contributed by atoms with van der Waals surface area (Å²) in [6.07, 6.45) is 0. The van der Waals surface area contributed by atoms with Gasteiger partial charge < -0.3 is 73.0 Å². The smallest absolute Gasteiger partial charge is 0.550 e. The van der Waals surface area contributed by atoms with Crippen LogP contribution in [0, 0.1) is 0 Å². The number of carboxylic acid groups (broad SMARTS) is 4. The molecule has 0 amide bonds. The molecule has 0 heterocycles. The van der Waals surface area contributed by atoms with Crippen molar-refractivity contribution in [2.75, 3.05) is 13.1 Å². The van der Waals surface area contributed by atoms with Crippen molar-refractivity contribution in [3.05, 3.63) is 0 Å². The average molecular weight is 460 g/mol. The molecule has 0 radical (unpaired) electrons. The molecule has 0 aliphatic rings. The maximum atomic E-state index is 8.89. The number of hydrogen-bond donors (Lipinski definition) is 2. The quantitative estimate of drug-likeness (QED) is 0.348. The van der Waals surface area contributed by atoms with Crippen LogP contribution in [0.2, 0.25) is 0 Å². The van der Waals surface area contributed by atoms with Crippen LogP contribution in [0.1, 0.15) is 27.7 Å². The fraction of sp³-hybridized carbons (Fsp3) is 0.600. The van der Waals surface area contributed by atoms with Crippen molar-refractivity contribution in [3.63, 3.8) is 0 Å². The molecule has 154 valence electrons. The molecule has 12 N–H and O–H groups in total. The molecule has 0 aromatic rings. The van der Waals surface area contributed by atoms with E-state index in [-0.39, 0.29) is 140 Å². The summed E-state index contributed by atoms with van der Waals surface area (Å²) in [7, 11) is 0. The van der Waals surface area contributed by atoms with E-state index >= 15 is 0 Å². The van der Waals surface area contributed by atoms with Crippen LogP contribution >= 0.6 is 0 Å². The Kier molecular flexibility index (Phi) is 281. The van der Waals surface area contributed by atoms with Gasteiger partial charge >= 0.3 is 118 Å². The van der Waals surface area contributed by atoms with Crippen molar-refractivity contribution in [1.82, 2.24) is 0 Å². The summed E-state index contributed by atoms with van der Waals surface area (Å²) in [6, 6.07) is 0. The number of hydrogen-bond acceptors (Lipinski definition) is 10. The molecular formula is C10H28N2Na4O12. The third-order valence-corrected chi connectivity index (χ3v) is 0.167. The molecule has 0 bridgehead atoms. The number of nitrogens with two attached hydrogens (primary N) is 2. The molecule has 0 aliphatic heterocycles. The Labute approximate surface area is 252 Å². The first kappa shape index (κ1) is 87.8. The molecular weight excluding hydrogens is 432 g/mol. The maximum Gasteiger partial charge on any atom is 1.00 e. The molecule has 0 atom stereocenters. The van der Waals surface area contributed by atoms with Crippen LogP contribution in [0.5, 0.6) is 0 Å². The van der Waals surface area contributed by atoms with Gasteiger partial charge in [-0.2, -0.15) is 0 Å². The minimum Gasteiger partial charge on any atom is -0.550 e. The van der Waals surface area contributed by atoms with Gasteiger partial charge in [0.05, 0.1) is 0 Å². The van der Waals surface area contributed by atoms with Gasteiger partial charge in [-0.1, -0.05) is 0 Å². The molecule has 0 aliphatic carbocycles. The molecule has 0 fully saturated rings. The fourth-order valence-electron chi connectivity index (χ4n) is 0. The molecule has 0 aromatic heterocycles. The molecule has 14 nitrogen and oxygen atoms in total. The summed E-state index contributed by atoms with van der Waals surface area (Å²) < 4.78 is 0. The number of carboxylic acids is 4. The Morgan fingerprint density at radius 2 is 0.536 bits per heavy atom. The van der Waals surface area contributed by atoms with Crippen LogP contribution in [0.15, 0.2) is 0 Å². The first-order chi connectivity index (χ1) is 8.84. The van der Waals surface area contributed by atoms with E-state index in [0.717, 1.165) is 27.7 Å². The van der Waals surface area contributed by atoms with Gasteiger partial charge in [-0.05, 0) is 27.7 Å². The molecule has 28 heavy (non-hydrogen) atoms. The van der Waals surface area contributed by atoms with Crippen LogP contribution in [0.3, 0.4) is 0 Å². The van der Waals surface area contributed by atoms with Gasteiger partial charge in [0.2, 0.25) is 0 Å². The normalized spacial score (nSPS) is 4.64.